The number of fused-ring (bicyclic) bond motifs is 9. The number of benzene rings is 6. The minimum Gasteiger partial charge on any atom is -0.454 e. The zero-order valence-corrected chi connectivity index (χ0v) is 21.9. The van der Waals surface area contributed by atoms with Crippen LogP contribution in [0.5, 0.6) is 0 Å². The lowest BCUT2D eigenvalue weighted by Crippen LogP contribution is -1.96. The highest BCUT2D eigenvalue weighted by molar-refractivity contribution is 6.14. The minimum atomic E-state index is 0.910. The summed E-state index contributed by atoms with van der Waals surface area (Å²) in [5.41, 5.74) is 10.1. The Bertz CT molecular complexity index is 2450. The number of nitrogens with zero attached hydrogens (tertiary/aromatic N) is 2. The molecule has 0 unspecified atom stereocenters. The first kappa shape index (κ1) is 21.6. The van der Waals surface area contributed by atoms with E-state index in [1.54, 1.807) is 0 Å². The van der Waals surface area contributed by atoms with Crippen LogP contribution in [0.15, 0.2) is 132 Å². The monoisotopic (exact) mass is 512 g/mol. The maximum Gasteiger partial charge on any atom is 0.159 e. The lowest BCUT2D eigenvalue weighted by Gasteiger charge is -2.11. The molecule has 188 valence electrons. The standard InChI is InChI=1S/C37H24N2O/c1-23-10-8-17-33-36(23)28-13-3-6-16-31(28)38(33)24-20-21-32-29(22-24)25-11-2-5-15-30(25)39(32)34-18-9-14-27-26-12-4-7-19-35(26)40-37(27)34/h2-22H,1H3. The van der Waals surface area contributed by atoms with Gasteiger partial charge in [0.05, 0.1) is 27.8 Å². The zero-order chi connectivity index (χ0) is 26.4. The largest absolute Gasteiger partial charge is 0.454 e. The maximum absolute atomic E-state index is 6.47. The van der Waals surface area contributed by atoms with Crippen molar-refractivity contribution in [3.63, 3.8) is 0 Å². The highest BCUT2D eigenvalue weighted by Gasteiger charge is 2.19. The molecule has 0 N–H and O–H groups in total. The van der Waals surface area contributed by atoms with Crippen LogP contribution >= 0.6 is 0 Å². The Balaban J connectivity index is 1.38. The molecule has 3 nitrogen and oxygen atoms in total. The van der Waals surface area contributed by atoms with E-state index in [1.807, 2.05) is 12.1 Å². The predicted molar refractivity (Wildman–Crippen MR) is 167 cm³/mol. The summed E-state index contributed by atoms with van der Waals surface area (Å²) in [7, 11) is 0. The van der Waals surface area contributed by atoms with E-state index in [-0.39, 0.29) is 0 Å². The fraction of sp³-hybridized carbons (Fsp3) is 0.0270. The number of para-hydroxylation sites is 4. The van der Waals surface area contributed by atoms with Crippen LogP contribution in [-0.4, -0.2) is 9.13 Å². The molecule has 0 atom stereocenters. The molecule has 0 aliphatic carbocycles. The van der Waals surface area contributed by atoms with Gasteiger partial charge in [-0.25, -0.2) is 0 Å². The molecule has 3 heterocycles. The highest BCUT2D eigenvalue weighted by Crippen LogP contribution is 2.40. The number of hydrogen-bond donors (Lipinski definition) is 0. The summed E-state index contributed by atoms with van der Waals surface area (Å²) in [5, 5.41) is 7.33. The maximum atomic E-state index is 6.47. The highest BCUT2D eigenvalue weighted by atomic mass is 16.3. The van der Waals surface area contributed by atoms with Gasteiger partial charge in [-0.05, 0) is 61.0 Å². The smallest absolute Gasteiger partial charge is 0.159 e. The van der Waals surface area contributed by atoms with Gasteiger partial charge in [0, 0.05) is 38.0 Å². The molecule has 0 saturated heterocycles. The van der Waals surface area contributed by atoms with Gasteiger partial charge in [0.15, 0.2) is 5.58 Å². The molecule has 0 radical (unpaired) electrons. The third kappa shape index (κ3) is 2.79. The van der Waals surface area contributed by atoms with Crippen molar-refractivity contribution in [1.82, 2.24) is 9.13 Å². The lowest BCUT2D eigenvalue weighted by atomic mass is 10.1. The van der Waals surface area contributed by atoms with Crippen molar-refractivity contribution in [3.05, 3.63) is 133 Å². The Morgan fingerprint density at radius 1 is 0.475 bits per heavy atom. The van der Waals surface area contributed by atoms with Crippen molar-refractivity contribution >= 4 is 65.6 Å². The number of rotatable bonds is 2. The predicted octanol–water partition coefficient (Wildman–Crippen LogP) is 10.1. The summed E-state index contributed by atoms with van der Waals surface area (Å²) in [6, 6.07) is 45.6. The molecule has 0 saturated carbocycles. The van der Waals surface area contributed by atoms with E-state index in [0.29, 0.717) is 0 Å². The van der Waals surface area contributed by atoms with Crippen molar-refractivity contribution in [2.75, 3.05) is 0 Å². The van der Waals surface area contributed by atoms with Gasteiger partial charge in [-0.1, -0.05) is 78.9 Å². The van der Waals surface area contributed by atoms with Crippen molar-refractivity contribution in [1.29, 1.82) is 0 Å². The Morgan fingerprint density at radius 3 is 2.00 bits per heavy atom. The van der Waals surface area contributed by atoms with Crippen LogP contribution in [-0.2, 0) is 0 Å². The van der Waals surface area contributed by atoms with Gasteiger partial charge in [-0.15, -0.1) is 0 Å². The summed E-state index contributed by atoms with van der Waals surface area (Å²) in [6.45, 7) is 2.20. The average molecular weight is 513 g/mol. The van der Waals surface area contributed by atoms with Crippen LogP contribution < -0.4 is 0 Å². The summed E-state index contributed by atoms with van der Waals surface area (Å²) in [6.07, 6.45) is 0. The number of aryl methyl sites for hydroxylation is 1. The Labute approximate surface area is 230 Å². The second-order valence-corrected chi connectivity index (χ2v) is 10.6. The average Bonchev–Trinajstić information content (AvgIpc) is 3.65. The van der Waals surface area contributed by atoms with Gasteiger partial charge in [0.2, 0.25) is 0 Å². The van der Waals surface area contributed by atoms with E-state index in [4.69, 9.17) is 4.42 Å². The third-order valence-corrected chi connectivity index (χ3v) is 8.44. The summed E-state index contributed by atoms with van der Waals surface area (Å²) in [4.78, 5) is 0. The second kappa shape index (κ2) is 7.87. The molecule has 9 rings (SSSR count). The first-order chi connectivity index (χ1) is 19.8. The molecule has 0 bridgehead atoms. The molecule has 3 heteroatoms. The molecule has 6 aromatic carbocycles. The molecule has 40 heavy (non-hydrogen) atoms. The lowest BCUT2D eigenvalue weighted by molar-refractivity contribution is 0.666. The van der Waals surface area contributed by atoms with Crippen molar-refractivity contribution in [2.24, 2.45) is 0 Å². The number of furan rings is 1. The van der Waals surface area contributed by atoms with Crippen LogP contribution in [0, 0.1) is 6.92 Å². The van der Waals surface area contributed by atoms with Gasteiger partial charge < -0.3 is 13.6 Å². The van der Waals surface area contributed by atoms with E-state index in [2.05, 4.69) is 131 Å². The van der Waals surface area contributed by atoms with Gasteiger partial charge in [-0.2, -0.15) is 0 Å². The van der Waals surface area contributed by atoms with Gasteiger partial charge >= 0.3 is 0 Å². The SMILES string of the molecule is Cc1cccc2c1c1ccccc1n2-c1ccc2c(c1)c1ccccc1n2-c1cccc2c1oc1ccccc12. The molecular weight excluding hydrogens is 488 g/mol. The normalized spacial score (nSPS) is 12.1. The van der Waals surface area contributed by atoms with E-state index in [1.165, 1.54) is 43.7 Å². The Morgan fingerprint density at radius 2 is 1.12 bits per heavy atom. The fourth-order valence-electron chi connectivity index (χ4n) is 6.74. The molecule has 0 amide bonds. The Kier molecular flexibility index (Phi) is 4.26. The minimum absolute atomic E-state index is 0.910. The molecule has 0 aliphatic rings. The van der Waals surface area contributed by atoms with Crippen LogP contribution in [0.25, 0.3) is 76.9 Å². The third-order valence-electron chi connectivity index (χ3n) is 8.44. The van der Waals surface area contributed by atoms with Crippen molar-refractivity contribution in [2.45, 2.75) is 6.92 Å². The number of aromatic nitrogens is 2. The van der Waals surface area contributed by atoms with E-state index < -0.39 is 0 Å². The van der Waals surface area contributed by atoms with Crippen LogP contribution in [0.2, 0.25) is 0 Å². The topological polar surface area (TPSA) is 23.0 Å². The molecule has 0 spiro atoms. The molecular formula is C37H24N2O. The summed E-state index contributed by atoms with van der Waals surface area (Å²) < 4.78 is 11.2. The van der Waals surface area contributed by atoms with Gasteiger partial charge in [-0.3, -0.25) is 0 Å². The second-order valence-electron chi connectivity index (χ2n) is 10.6. The summed E-state index contributed by atoms with van der Waals surface area (Å²) in [5.74, 6) is 0. The fourth-order valence-corrected chi connectivity index (χ4v) is 6.74. The van der Waals surface area contributed by atoms with Crippen LogP contribution in [0.1, 0.15) is 5.56 Å². The first-order valence-electron chi connectivity index (χ1n) is 13.7. The number of hydrogen-bond acceptors (Lipinski definition) is 1. The van der Waals surface area contributed by atoms with Gasteiger partial charge in [0.25, 0.3) is 0 Å². The molecule has 0 fully saturated rings. The molecule has 9 aromatic rings. The quantitative estimate of drug-likeness (QED) is 0.226. The van der Waals surface area contributed by atoms with Crippen molar-refractivity contribution < 1.29 is 4.42 Å². The summed E-state index contributed by atoms with van der Waals surface area (Å²) >= 11 is 0. The zero-order valence-electron chi connectivity index (χ0n) is 21.9. The molecule has 3 aromatic heterocycles. The van der Waals surface area contributed by atoms with Crippen LogP contribution in [0.3, 0.4) is 0 Å². The molecule has 0 aliphatic heterocycles. The van der Waals surface area contributed by atoms with Crippen LogP contribution in [0.4, 0.5) is 0 Å². The van der Waals surface area contributed by atoms with E-state index in [0.717, 1.165) is 38.8 Å². The van der Waals surface area contributed by atoms with E-state index >= 15 is 0 Å². The first-order valence-corrected chi connectivity index (χ1v) is 13.7. The Hall–Kier alpha value is -5.28. The van der Waals surface area contributed by atoms with Crippen molar-refractivity contribution in [3.8, 4) is 11.4 Å². The van der Waals surface area contributed by atoms with E-state index in [9.17, 15) is 0 Å². The van der Waals surface area contributed by atoms with Gasteiger partial charge in [0.1, 0.15) is 5.58 Å².